The zero-order chi connectivity index (χ0) is 28.5. The molecule has 0 spiro atoms. The minimum atomic E-state index is -0.635. The van der Waals surface area contributed by atoms with Crippen LogP contribution >= 0.6 is 0 Å². The number of rotatable bonds is 7. The molecule has 1 aromatic rings. The summed E-state index contributed by atoms with van der Waals surface area (Å²) in [5.74, 6) is 0.993. The molecule has 0 unspecified atom stereocenters. The van der Waals surface area contributed by atoms with E-state index in [4.69, 9.17) is 14.0 Å². The molecule has 2 amide bonds. The first-order chi connectivity index (χ1) is 17.5. The zero-order valence-electron chi connectivity index (χ0n) is 24.8. The molecule has 0 bridgehead atoms. The van der Waals surface area contributed by atoms with Gasteiger partial charge in [-0.2, -0.15) is 0 Å². The van der Waals surface area contributed by atoms with Crippen molar-refractivity contribution in [2.75, 3.05) is 24.5 Å². The van der Waals surface area contributed by atoms with Crippen LogP contribution in [0.4, 0.5) is 10.7 Å². The summed E-state index contributed by atoms with van der Waals surface area (Å²) in [6, 6.07) is -0.417. The maximum absolute atomic E-state index is 12.9. The van der Waals surface area contributed by atoms with Gasteiger partial charge in [0.1, 0.15) is 11.6 Å². The lowest BCUT2D eigenvalue weighted by atomic mass is 9.81. The second kappa shape index (κ2) is 11.4. The van der Waals surface area contributed by atoms with Gasteiger partial charge in [0.2, 0.25) is 11.9 Å². The van der Waals surface area contributed by atoms with Gasteiger partial charge in [-0.1, -0.05) is 0 Å². The summed E-state index contributed by atoms with van der Waals surface area (Å²) in [5, 5.41) is 2.65. The average Bonchev–Trinajstić information content (AvgIpc) is 3.02. The number of ether oxygens (including phenoxy) is 1. The van der Waals surface area contributed by atoms with Crippen molar-refractivity contribution in [3.05, 3.63) is 12.4 Å². The quantitative estimate of drug-likeness (QED) is 0.535. The Balaban J connectivity index is 1.54. The first-order valence-corrected chi connectivity index (χ1v) is 13.7. The summed E-state index contributed by atoms with van der Waals surface area (Å²) in [6.45, 7) is 21.6. The predicted octanol–water partition coefficient (Wildman–Crippen LogP) is 3.14. The number of amides is 2. The molecule has 0 saturated carbocycles. The van der Waals surface area contributed by atoms with Crippen LogP contribution in [0.25, 0.3) is 0 Å². The molecule has 3 rings (SSSR count). The molecule has 2 saturated heterocycles. The van der Waals surface area contributed by atoms with Crippen molar-refractivity contribution in [1.82, 2.24) is 20.2 Å². The zero-order valence-corrected chi connectivity index (χ0v) is 24.8. The smallest absolute Gasteiger partial charge is 0.444 e. The van der Waals surface area contributed by atoms with Crippen LogP contribution in [-0.4, -0.2) is 82.5 Å². The third kappa shape index (κ3) is 7.37. The van der Waals surface area contributed by atoms with Crippen LogP contribution in [-0.2, 0) is 18.8 Å². The molecule has 1 N–H and O–H groups in total. The number of nitrogens with one attached hydrogen (secondary N) is 1. The Morgan fingerprint density at radius 1 is 1.11 bits per heavy atom. The minimum absolute atomic E-state index is 0.0864. The van der Waals surface area contributed by atoms with E-state index in [2.05, 4.69) is 34.0 Å². The average molecular weight is 532 g/mol. The van der Waals surface area contributed by atoms with Crippen LogP contribution in [0.15, 0.2) is 12.4 Å². The standard InChI is InChI=1S/C27H46BN5O5/c1-18(2)33(23-29-15-21(16-30-23)28-37-26(7,8)27(9,10)38-28)17-20-11-13-32(14-12-20)22(34)19(3)31-24(35)36-25(4,5)6/h15-16,18-20H,11-14,17H2,1-10H3,(H,31,35)/t19-/m1/s1. The van der Waals surface area contributed by atoms with Gasteiger partial charge >= 0.3 is 13.2 Å². The summed E-state index contributed by atoms with van der Waals surface area (Å²) in [7, 11) is -0.490. The van der Waals surface area contributed by atoms with Crippen molar-refractivity contribution < 1.29 is 23.6 Å². The van der Waals surface area contributed by atoms with Crippen LogP contribution in [0.5, 0.6) is 0 Å². The molecule has 0 aromatic carbocycles. The highest BCUT2D eigenvalue weighted by molar-refractivity contribution is 6.61. The van der Waals surface area contributed by atoms with E-state index in [-0.39, 0.29) is 11.9 Å². The van der Waals surface area contributed by atoms with E-state index >= 15 is 0 Å². The number of hydrogen-bond donors (Lipinski definition) is 1. The highest BCUT2D eigenvalue weighted by Gasteiger charge is 2.52. The monoisotopic (exact) mass is 531 g/mol. The van der Waals surface area contributed by atoms with Crippen molar-refractivity contribution in [1.29, 1.82) is 0 Å². The Labute approximate surface area is 228 Å². The molecule has 1 atom stereocenters. The lowest BCUT2D eigenvalue weighted by molar-refractivity contribution is -0.134. The lowest BCUT2D eigenvalue weighted by Crippen LogP contribution is -2.51. The number of carbonyl (C=O) groups excluding carboxylic acids is 2. The molecule has 212 valence electrons. The molecule has 2 aliphatic rings. The van der Waals surface area contributed by atoms with E-state index < -0.39 is 36.1 Å². The molecule has 0 aliphatic carbocycles. The molecule has 38 heavy (non-hydrogen) atoms. The molecule has 11 heteroatoms. The number of carbonyl (C=O) groups is 2. The van der Waals surface area contributed by atoms with E-state index in [1.54, 1.807) is 40.1 Å². The molecular weight excluding hydrogens is 485 g/mol. The van der Waals surface area contributed by atoms with Crippen molar-refractivity contribution >= 4 is 30.5 Å². The number of likely N-dealkylation sites (tertiary alicyclic amines) is 1. The number of nitrogens with zero attached hydrogens (tertiary/aromatic N) is 4. The van der Waals surface area contributed by atoms with Gasteiger partial charge in [0.15, 0.2) is 0 Å². The van der Waals surface area contributed by atoms with Crippen LogP contribution in [0.2, 0.25) is 0 Å². The van der Waals surface area contributed by atoms with E-state index in [0.717, 1.165) is 24.8 Å². The van der Waals surface area contributed by atoms with E-state index in [9.17, 15) is 9.59 Å². The normalized spacial score (nSPS) is 20.4. The minimum Gasteiger partial charge on any atom is -0.444 e. The van der Waals surface area contributed by atoms with Crippen LogP contribution in [0, 0.1) is 5.92 Å². The van der Waals surface area contributed by atoms with Gasteiger partial charge in [-0.3, -0.25) is 4.79 Å². The van der Waals surface area contributed by atoms with Gasteiger partial charge < -0.3 is 29.2 Å². The molecule has 10 nitrogen and oxygen atoms in total. The Kier molecular flexibility index (Phi) is 9.03. The summed E-state index contributed by atoms with van der Waals surface area (Å²) in [5.41, 5.74) is -0.638. The van der Waals surface area contributed by atoms with Crippen molar-refractivity contribution in [2.24, 2.45) is 5.92 Å². The highest BCUT2D eigenvalue weighted by atomic mass is 16.7. The third-order valence-electron chi connectivity index (χ3n) is 7.55. The fraction of sp³-hybridized carbons (Fsp3) is 0.778. The van der Waals surface area contributed by atoms with Crippen molar-refractivity contribution in [3.63, 3.8) is 0 Å². The Morgan fingerprint density at radius 3 is 2.11 bits per heavy atom. The van der Waals surface area contributed by atoms with Gasteiger partial charge in [-0.05, 0) is 88.0 Å². The molecule has 0 radical (unpaired) electrons. The Hall–Kier alpha value is -2.40. The number of anilines is 1. The van der Waals surface area contributed by atoms with Gasteiger partial charge in [-0.15, -0.1) is 0 Å². The Bertz CT molecular complexity index is 955. The summed E-state index contributed by atoms with van der Waals surface area (Å²) >= 11 is 0. The third-order valence-corrected chi connectivity index (χ3v) is 7.55. The first kappa shape index (κ1) is 30.2. The Morgan fingerprint density at radius 2 is 1.63 bits per heavy atom. The summed E-state index contributed by atoms with van der Waals surface area (Å²) < 4.78 is 17.5. The predicted molar refractivity (Wildman–Crippen MR) is 148 cm³/mol. The maximum atomic E-state index is 12.9. The van der Waals surface area contributed by atoms with E-state index in [0.29, 0.717) is 25.0 Å². The summed E-state index contributed by atoms with van der Waals surface area (Å²) in [4.78, 5) is 38.3. The number of piperidine rings is 1. The second-order valence-corrected chi connectivity index (χ2v) is 12.8. The van der Waals surface area contributed by atoms with Crippen molar-refractivity contribution in [2.45, 2.75) is 111 Å². The molecule has 2 aliphatic heterocycles. The van der Waals surface area contributed by atoms with E-state index in [1.807, 2.05) is 32.6 Å². The number of aromatic nitrogens is 2. The van der Waals surface area contributed by atoms with Crippen LogP contribution < -0.4 is 15.7 Å². The van der Waals surface area contributed by atoms with Gasteiger partial charge in [-0.25, -0.2) is 14.8 Å². The maximum Gasteiger partial charge on any atom is 0.498 e. The number of alkyl carbamates (subject to hydrolysis) is 1. The van der Waals surface area contributed by atoms with Gasteiger partial charge in [0.25, 0.3) is 0 Å². The van der Waals surface area contributed by atoms with Gasteiger partial charge in [0, 0.05) is 43.5 Å². The fourth-order valence-electron chi connectivity index (χ4n) is 4.54. The van der Waals surface area contributed by atoms with Crippen molar-refractivity contribution in [3.8, 4) is 0 Å². The largest absolute Gasteiger partial charge is 0.498 e. The SMILES string of the molecule is CC(C)N(CC1CCN(C(=O)[C@@H](C)NC(=O)OC(C)(C)C)CC1)c1ncc(B2OC(C)(C)C(C)(C)O2)cn1. The molecule has 1 aromatic heterocycles. The van der Waals surface area contributed by atoms with Crippen LogP contribution in [0.1, 0.15) is 82.1 Å². The second-order valence-electron chi connectivity index (χ2n) is 12.8. The topological polar surface area (TPSA) is 106 Å². The van der Waals surface area contributed by atoms with Crippen LogP contribution in [0.3, 0.4) is 0 Å². The first-order valence-electron chi connectivity index (χ1n) is 13.7. The molecule has 2 fully saturated rings. The number of hydrogen-bond acceptors (Lipinski definition) is 8. The van der Waals surface area contributed by atoms with E-state index in [1.165, 1.54) is 0 Å². The summed E-state index contributed by atoms with van der Waals surface area (Å²) in [6.07, 6.45) is 4.76. The molecular formula is C27H46BN5O5. The molecule has 3 heterocycles. The lowest BCUT2D eigenvalue weighted by Gasteiger charge is -2.37. The fourth-order valence-corrected chi connectivity index (χ4v) is 4.54. The highest BCUT2D eigenvalue weighted by Crippen LogP contribution is 2.36. The van der Waals surface area contributed by atoms with Gasteiger partial charge in [0.05, 0.1) is 11.2 Å².